The lowest BCUT2D eigenvalue weighted by Gasteiger charge is -2.40. The molecular formula is C20H25NO8. The van der Waals surface area contributed by atoms with Crippen molar-refractivity contribution in [3.8, 4) is 5.75 Å². The van der Waals surface area contributed by atoms with Crippen LogP contribution < -0.4 is 5.43 Å². The second-order valence-corrected chi connectivity index (χ2v) is 7.29. The Balaban J connectivity index is 2.25. The summed E-state index contributed by atoms with van der Waals surface area (Å²) >= 11 is 0. The van der Waals surface area contributed by atoms with Crippen molar-refractivity contribution in [3.63, 3.8) is 0 Å². The maximum absolute atomic E-state index is 12.7. The number of aliphatic hydroxyl groups excluding tert-OH is 4. The van der Waals surface area contributed by atoms with Crippen molar-refractivity contribution in [1.82, 2.24) is 0 Å². The Morgan fingerprint density at radius 3 is 2.48 bits per heavy atom. The molecule has 3 rings (SSSR count). The summed E-state index contributed by atoms with van der Waals surface area (Å²) in [5.74, 6) is 0.00181. The van der Waals surface area contributed by atoms with Gasteiger partial charge in [0, 0.05) is 25.2 Å². The van der Waals surface area contributed by atoms with E-state index in [9.17, 15) is 30.3 Å². The predicted molar refractivity (Wildman–Crippen MR) is 104 cm³/mol. The summed E-state index contributed by atoms with van der Waals surface area (Å²) < 4.78 is 11.5. The summed E-state index contributed by atoms with van der Waals surface area (Å²) in [5, 5.41) is 50.9. The molecule has 1 aliphatic heterocycles. The summed E-state index contributed by atoms with van der Waals surface area (Å²) in [7, 11) is 1.61. The minimum absolute atomic E-state index is 0.0123. The number of ether oxygens (including phenoxy) is 1. The Morgan fingerprint density at radius 1 is 1.17 bits per heavy atom. The largest absolute Gasteiger partial charge is 0.507 e. The zero-order chi connectivity index (χ0) is 21.5. The van der Waals surface area contributed by atoms with E-state index in [4.69, 9.17) is 9.15 Å². The quantitative estimate of drug-likeness (QED) is 0.443. The number of phenols is 1. The number of aromatic hydroxyl groups is 1. The van der Waals surface area contributed by atoms with E-state index in [0.717, 1.165) is 5.71 Å². The van der Waals surface area contributed by atoms with Gasteiger partial charge in [-0.15, -0.1) is 0 Å². The zero-order valence-corrected chi connectivity index (χ0v) is 16.4. The predicted octanol–water partition coefficient (Wildman–Crippen LogP) is -0.0449. The van der Waals surface area contributed by atoms with Gasteiger partial charge in [-0.1, -0.05) is 0 Å². The first kappa shape index (κ1) is 21.4. The highest BCUT2D eigenvalue weighted by Gasteiger charge is 2.45. The number of nitrogens with zero attached hydrogens (tertiary/aromatic N) is 1. The maximum Gasteiger partial charge on any atom is 0.193 e. The first-order valence-corrected chi connectivity index (χ1v) is 9.21. The van der Waals surface area contributed by atoms with E-state index in [2.05, 4.69) is 4.99 Å². The smallest absolute Gasteiger partial charge is 0.193 e. The molecule has 0 amide bonds. The second-order valence-electron chi connectivity index (χ2n) is 7.29. The molecule has 1 aromatic carbocycles. The average Bonchev–Trinajstić information content (AvgIpc) is 2.67. The number of aryl methyl sites for hydroxylation is 1. The second kappa shape index (κ2) is 8.21. The van der Waals surface area contributed by atoms with Crippen LogP contribution >= 0.6 is 0 Å². The molecule has 2 heterocycles. The third kappa shape index (κ3) is 3.79. The molecule has 0 spiro atoms. The molecule has 158 valence electrons. The topological polar surface area (TPSA) is 153 Å². The van der Waals surface area contributed by atoms with Gasteiger partial charge in [-0.05, 0) is 25.5 Å². The summed E-state index contributed by atoms with van der Waals surface area (Å²) in [5.41, 5.74) is 0.824. The zero-order valence-electron chi connectivity index (χ0n) is 16.4. The van der Waals surface area contributed by atoms with Crippen LogP contribution in [0.15, 0.2) is 26.3 Å². The lowest BCUT2D eigenvalue weighted by molar-refractivity contribution is -0.231. The van der Waals surface area contributed by atoms with Gasteiger partial charge in [0.15, 0.2) is 5.43 Å². The number of hydrogen-bond acceptors (Lipinski definition) is 9. The standard InChI is InChI=1S/C20H25NO8/c1-8-4-11(23)15(20-18(27)17(26)16(25)13(7-22)29-20)19-14(8)12(24)6-10(28-19)5-9(2)21-3/h4,6,13,16-18,20,22-23,25-27H,5,7H2,1-3H3. The van der Waals surface area contributed by atoms with Crippen molar-refractivity contribution >= 4 is 16.7 Å². The van der Waals surface area contributed by atoms with Gasteiger partial charge < -0.3 is 34.7 Å². The number of hydrogen-bond donors (Lipinski definition) is 5. The number of phenolic OH excluding ortho intramolecular Hbond substituents is 1. The van der Waals surface area contributed by atoms with Crippen LogP contribution in [0.1, 0.15) is 29.9 Å². The minimum atomic E-state index is -1.63. The van der Waals surface area contributed by atoms with Crippen LogP contribution in [0.3, 0.4) is 0 Å². The fourth-order valence-corrected chi connectivity index (χ4v) is 3.61. The molecule has 0 saturated carbocycles. The molecule has 9 nitrogen and oxygen atoms in total. The number of aliphatic imine (C=N–C) groups is 1. The van der Waals surface area contributed by atoms with E-state index in [-0.39, 0.29) is 34.1 Å². The molecule has 1 aliphatic rings. The average molecular weight is 407 g/mol. The molecule has 9 heteroatoms. The SMILES string of the molecule is CN=C(C)Cc1cc(=O)c2c(C)cc(O)c(C3OC(CO)C(O)C(O)C3O)c2o1. The van der Waals surface area contributed by atoms with Gasteiger partial charge in [0.2, 0.25) is 0 Å². The van der Waals surface area contributed by atoms with Gasteiger partial charge in [-0.3, -0.25) is 9.79 Å². The van der Waals surface area contributed by atoms with Gasteiger partial charge >= 0.3 is 0 Å². The minimum Gasteiger partial charge on any atom is -0.507 e. The first-order valence-electron chi connectivity index (χ1n) is 9.21. The third-order valence-corrected chi connectivity index (χ3v) is 5.26. The molecule has 2 aromatic rings. The van der Waals surface area contributed by atoms with Gasteiger partial charge in [-0.25, -0.2) is 0 Å². The normalized spacial score (nSPS) is 28.1. The van der Waals surface area contributed by atoms with Crippen LogP contribution in [0.4, 0.5) is 0 Å². The molecule has 29 heavy (non-hydrogen) atoms. The van der Waals surface area contributed by atoms with Gasteiger partial charge in [0.05, 0.1) is 17.6 Å². The Labute approximate surface area is 166 Å². The van der Waals surface area contributed by atoms with E-state index in [1.54, 1.807) is 20.9 Å². The molecule has 1 saturated heterocycles. The van der Waals surface area contributed by atoms with Crippen LogP contribution in [0.5, 0.6) is 5.75 Å². The third-order valence-electron chi connectivity index (χ3n) is 5.26. The fourth-order valence-electron chi connectivity index (χ4n) is 3.61. The lowest BCUT2D eigenvalue weighted by Crippen LogP contribution is -2.55. The summed E-state index contributed by atoms with van der Waals surface area (Å²) in [4.78, 5) is 16.8. The fraction of sp³-hybridized carbons (Fsp3) is 0.500. The summed E-state index contributed by atoms with van der Waals surface area (Å²) in [6.45, 7) is 2.79. The van der Waals surface area contributed by atoms with Crippen LogP contribution in [-0.4, -0.2) is 69.3 Å². The van der Waals surface area contributed by atoms with Gasteiger partial charge in [0.25, 0.3) is 0 Å². The molecule has 5 atom stereocenters. The maximum atomic E-state index is 12.7. The lowest BCUT2D eigenvalue weighted by atomic mass is 9.89. The molecular weight excluding hydrogens is 382 g/mol. The number of rotatable bonds is 4. The Hall–Kier alpha value is -2.30. The molecule has 0 bridgehead atoms. The monoisotopic (exact) mass is 407 g/mol. The van der Waals surface area contributed by atoms with E-state index in [1.165, 1.54) is 12.1 Å². The van der Waals surface area contributed by atoms with Crippen LogP contribution in [-0.2, 0) is 11.2 Å². The van der Waals surface area contributed by atoms with E-state index in [0.29, 0.717) is 11.3 Å². The van der Waals surface area contributed by atoms with Crippen LogP contribution in [0.25, 0.3) is 11.0 Å². The molecule has 0 aliphatic carbocycles. The molecule has 1 aromatic heterocycles. The van der Waals surface area contributed by atoms with Crippen molar-refractivity contribution < 1.29 is 34.7 Å². The highest BCUT2D eigenvalue weighted by molar-refractivity contribution is 5.87. The summed E-state index contributed by atoms with van der Waals surface area (Å²) in [6, 6.07) is 2.69. The highest BCUT2D eigenvalue weighted by Crippen LogP contribution is 2.41. The molecule has 5 N–H and O–H groups in total. The Kier molecular flexibility index (Phi) is 6.06. The van der Waals surface area contributed by atoms with E-state index < -0.39 is 37.1 Å². The van der Waals surface area contributed by atoms with Crippen LogP contribution in [0.2, 0.25) is 0 Å². The van der Waals surface area contributed by atoms with Crippen LogP contribution in [0, 0.1) is 6.92 Å². The van der Waals surface area contributed by atoms with Crippen molar-refractivity contribution in [1.29, 1.82) is 0 Å². The number of aliphatic hydroxyl groups is 4. The highest BCUT2D eigenvalue weighted by atomic mass is 16.5. The number of benzene rings is 1. The van der Waals surface area contributed by atoms with Gasteiger partial charge in [-0.2, -0.15) is 0 Å². The first-order chi connectivity index (χ1) is 13.7. The van der Waals surface area contributed by atoms with Crippen molar-refractivity contribution in [2.75, 3.05) is 13.7 Å². The van der Waals surface area contributed by atoms with Crippen molar-refractivity contribution in [2.24, 2.45) is 4.99 Å². The molecule has 5 unspecified atom stereocenters. The van der Waals surface area contributed by atoms with Crippen molar-refractivity contribution in [3.05, 3.63) is 39.2 Å². The number of fused-ring (bicyclic) bond motifs is 1. The Morgan fingerprint density at radius 2 is 1.86 bits per heavy atom. The Bertz CT molecular complexity index is 996. The summed E-state index contributed by atoms with van der Waals surface area (Å²) in [6.07, 6.45) is -7.05. The van der Waals surface area contributed by atoms with Crippen molar-refractivity contribution in [2.45, 2.75) is 50.8 Å². The van der Waals surface area contributed by atoms with E-state index in [1.807, 2.05) is 0 Å². The van der Waals surface area contributed by atoms with E-state index >= 15 is 0 Å². The molecule has 0 radical (unpaired) electrons. The molecule has 1 fully saturated rings. The van der Waals surface area contributed by atoms with Gasteiger partial charge in [0.1, 0.15) is 47.6 Å².